The van der Waals surface area contributed by atoms with Gasteiger partial charge >= 0.3 is 0 Å². The van der Waals surface area contributed by atoms with Crippen molar-refractivity contribution >= 4 is 12.0 Å². The van der Waals surface area contributed by atoms with Gasteiger partial charge < -0.3 is 24.6 Å². The summed E-state index contributed by atoms with van der Waals surface area (Å²) in [6.07, 6.45) is 5.53. The average Bonchev–Trinajstić information content (AvgIpc) is 3.18. The van der Waals surface area contributed by atoms with Crippen molar-refractivity contribution in [3.05, 3.63) is 59.2 Å². The fourth-order valence-corrected chi connectivity index (χ4v) is 3.73. The molecule has 0 bridgehead atoms. The zero-order valence-electron chi connectivity index (χ0n) is 15.7. The summed E-state index contributed by atoms with van der Waals surface area (Å²) < 4.78 is 15.9. The lowest BCUT2D eigenvalue weighted by molar-refractivity contribution is -0.118. The third-order valence-electron chi connectivity index (χ3n) is 5.23. The van der Waals surface area contributed by atoms with Crippen LogP contribution in [0.15, 0.2) is 42.5 Å². The van der Waals surface area contributed by atoms with Gasteiger partial charge in [0.25, 0.3) is 0 Å². The fourth-order valence-electron chi connectivity index (χ4n) is 3.73. The smallest absolute Gasteiger partial charge is 0.244 e. The lowest BCUT2D eigenvalue weighted by Crippen LogP contribution is -2.42. The van der Waals surface area contributed by atoms with Crippen LogP contribution in [0.25, 0.3) is 6.08 Å². The predicted molar refractivity (Wildman–Crippen MR) is 104 cm³/mol. The average molecular weight is 381 g/mol. The Morgan fingerprint density at radius 2 is 2.11 bits per heavy atom. The van der Waals surface area contributed by atoms with Gasteiger partial charge in [-0.1, -0.05) is 12.1 Å². The Labute approximate surface area is 163 Å². The zero-order valence-corrected chi connectivity index (χ0v) is 15.7. The number of carbonyl (C=O) groups is 1. The molecule has 6 heteroatoms. The standard InChI is InChI=1S/C22H23NO5/c1-26-17-6-7-18-16(12-17)3-2-10-22(18,25)13-23-21(24)9-5-15-4-8-19-20(11-15)28-14-27-19/h4-9,11-12,25H,2-3,10,13-14H2,1H3,(H,23,24)/b9-5+/t22-/m0/s1. The molecule has 0 fully saturated rings. The molecule has 1 heterocycles. The number of fused-ring (bicyclic) bond motifs is 2. The van der Waals surface area contributed by atoms with Gasteiger partial charge in [0.1, 0.15) is 11.4 Å². The van der Waals surface area contributed by atoms with Gasteiger partial charge in [-0.15, -0.1) is 0 Å². The van der Waals surface area contributed by atoms with Crippen LogP contribution in [0, 0.1) is 0 Å². The highest BCUT2D eigenvalue weighted by atomic mass is 16.7. The third kappa shape index (κ3) is 3.68. The van der Waals surface area contributed by atoms with E-state index < -0.39 is 5.60 Å². The number of amides is 1. The largest absolute Gasteiger partial charge is 0.497 e. The molecule has 2 N–H and O–H groups in total. The van der Waals surface area contributed by atoms with Gasteiger partial charge in [0.2, 0.25) is 12.7 Å². The van der Waals surface area contributed by atoms with Crippen molar-refractivity contribution in [1.29, 1.82) is 0 Å². The zero-order chi connectivity index (χ0) is 19.6. The van der Waals surface area contributed by atoms with Gasteiger partial charge in [-0.2, -0.15) is 0 Å². The maximum atomic E-state index is 12.3. The Morgan fingerprint density at radius 3 is 2.96 bits per heavy atom. The third-order valence-corrected chi connectivity index (χ3v) is 5.23. The van der Waals surface area contributed by atoms with Crippen molar-refractivity contribution < 1.29 is 24.1 Å². The summed E-state index contributed by atoms with van der Waals surface area (Å²) >= 11 is 0. The molecule has 0 radical (unpaired) electrons. The van der Waals surface area contributed by atoms with E-state index in [-0.39, 0.29) is 19.2 Å². The highest BCUT2D eigenvalue weighted by Gasteiger charge is 2.34. The number of aryl methyl sites for hydroxylation is 1. The number of nitrogens with one attached hydrogen (secondary N) is 1. The monoisotopic (exact) mass is 381 g/mol. The van der Waals surface area contributed by atoms with E-state index in [9.17, 15) is 9.90 Å². The van der Waals surface area contributed by atoms with Crippen molar-refractivity contribution in [2.24, 2.45) is 0 Å². The molecule has 0 aromatic heterocycles. The molecule has 0 saturated carbocycles. The SMILES string of the molecule is COc1ccc2c(c1)CCC[C@]2(O)CNC(=O)/C=C/c1ccc2c(c1)OCO2. The number of methoxy groups -OCH3 is 1. The van der Waals surface area contributed by atoms with E-state index in [0.29, 0.717) is 17.9 Å². The van der Waals surface area contributed by atoms with E-state index in [1.54, 1.807) is 13.2 Å². The van der Waals surface area contributed by atoms with Gasteiger partial charge in [-0.3, -0.25) is 4.79 Å². The first kappa shape index (κ1) is 18.4. The topological polar surface area (TPSA) is 77.0 Å². The van der Waals surface area contributed by atoms with Gasteiger partial charge in [0.15, 0.2) is 11.5 Å². The van der Waals surface area contributed by atoms with E-state index in [4.69, 9.17) is 14.2 Å². The van der Waals surface area contributed by atoms with Crippen molar-refractivity contribution in [3.8, 4) is 17.2 Å². The molecule has 4 rings (SSSR count). The predicted octanol–water partition coefficient (Wildman–Crippen LogP) is 2.78. The first-order chi connectivity index (χ1) is 13.6. The minimum absolute atomic E-state index is 0.163. The Morgan fingerprint density at radius 1 is 1.25 bits per heavy atom. The van der Waals surface area contributed by atoms with Gasteiger partial charge in [0.05, 0.1) is 13.7 Å². The Bertz CT molecular complexity index is 923. The quantitative estimate of drug-likeness (QED) is 0.779. The maximum Gasteiger partial charge on any atom is 0.244 e. The fraction of sp³-hybridized carbons (Fsp3) is 0.318. The minimum atomic E-state index is -1.07. The Kier molecular flexibility index (Phi) is 4.96. The van der Waals surface area contributed by atoms with E-state index in [2.05, 4.69) is 5.32 Å². The Balaban J connectivity index is 1.41. The summed E-state index contributed by atoms with van der Waals surface area (Å²) in [5.41, 5.74) is 1.70. The van der Waals surface area contributed by atoms with Crippen LogP contribution in [-0.4, -0.2) is 31.5 Å². The molecule has 0 saturated heterocycles. The van der Waals surface area contributed by atoms with Crippen LogP contribution in [0.2, 0.25) is 0 Å². The molecule has 146 valence electrons. The van der Waals surface area contributed by atoms with Crippen LogP contribution < -0.4 is 19.5 Å². The van der Waals surface area contributed by atoms with Crippen molar-refractivity contribution in [2.45, 2.75) is 24.9 Å². The van der Waals surface area contributed by atoms with Gasteiger partial charge in [-0.05, 0) is 66.3 Å². The molecule has 0 unspecified atom stereocenters. The summed E-state index contributed by atoms with van der Waals surface area (Å²) in [4.78, 5) is 12.3. The minimum Gasteiger partial charge on any atom is -0.497 e. The number of aliphatic hydroxyl groups is 1. The molecule has 1 amide bonds. The summed E-state index contributed by atoms with van der Waals surface area (Å²) in [5.74, 6) is 1.90. The van der Waals surface area contributed by atoms with Crippen LogP contribution in [-0.2, 0) is 16.8 Å². The normalized spacial score (nSPS) is 20.1. The highest BCUT2D eigenvalue weighted by molar-refractivity contribution is 5.91. The van der Waals surface area contributed by atoms with Crippen LogP contribution in [0.5, 0.6) is 17.2 Å². The van der Waals surface area contributed by atoms with Crippen molar-refractivity contribution in [2.75, 3.05) is 20.4 Å². The summed E-state index contributed by atoms with van der Waals surface area (Å²) in [6, 6.07) is 11.2. The first-order valence-corrected chi connectivity index (χ1v) is 9.33. The molecule has 28 heavy (non-hydrogen) atoms. The number of hydrogen-bond donors (Lipinski definition) is 2. The molecule has 1 aliphatic carbocycles. The molecule has 0 spiro atoms. The number of rotatable bonds is 5. The second-order valence-electron chi connectivity index (χ2n) is 7.07. The van der Waals surface area contributed by atoms with E-state index in [0.717, 1.165) is 35.3 Å². The molecule has 2 aromatic rings. The lowest BCUT2D eigenvalue weighted by Gasteiger charge is -2.34. The number of carbonyl (C=O) groups excluding carboxylic acids is 1. The van der Waals surface area contributed by atoms with E-state index >= 15 is 0 Å². The van der Waals surface area contributed by atoms with E-state index in [1.165, 1.54) is 6.08 Å². The second kappa shape index (κ2) is 7.56. The molecular formula is C22H23NO5. The summed E-state index contributed by atoms with van der Waals surface area (Å²) in [6.45, 7) is 0.381. The van der Waals surface area contributed by atoms with Crippen LogP contribution in [0.3, 0.4) is 0 Å². The molecular weight excluding hydrogens is 358 g/mol. The number of benzene rings is 2. The summed E-state index contributed by atoms with van der Waals surface area (Å²) in [5, 5.41) is 13.9. The number of ether oxygens (including phenoxy) is 3. The molecule has 2 aromatic carbocycles. The maximum absolute atomic E-state index is 12.3. The molecule has 2 aliphatic rings. The van der Waals surface area contributed by atoms with E-state index in [1.807, 2.05) is 36.4 Å². The van der Waals surface area contributed by atoms with Gasteiger partial charge in [0, 0.05) is 6.08 Å². The number of hydrogen-bond acceptors (Lipinski definition) is 5. The molecule has 1 atom stereocenters. The van der Waals surface area contributed by atoms with Crippen LogP contribution in [0.4, 0.5) is 0 Å². The lowest BCUT2D eigenvalue weighted by atomic mass is 9.79. The molecule has 6 nitrogen and oxygen atoms in total. The van der Waals surface area contributed by atoms with Gasteiger partial charge in [-0.25, -0.2) is 0 Å². The molecule has 1 aliphatic heterocycles. The Hall–Kier alpha value is -2.99. The highest BCUT2D eigenvalue weighted by Crippen LogP contribution is 2.36. The second-order valence-corrected chi connectivity index (χ2v) is 7.07. The van der Waals surface area contributed by atoms with Crippen LogP contribution >= 0.6 is 0 Å². The van der Waals surface area contributed by atoms with Crippen LogP contribution in [0.1, 0.15) is 29.5 Å². The first-order valence-electron chi connectivity index (χ1n) is 9.33. The van der Waals surface area contributed by atoms with Crippen molar-refractivity contribution in [1.82, 2.24) is 5.32 Å². The van der Waals surface area contributed by atoms with Crippen molar-refractivity contribution in [3.63, 3.8) is 0 Å². The summed E-state index contributed by atoms with van der Waals surface area (Å²) in [7, 11) is 1.63.